The molecule has 1 aromatic rings. The van der Waals surface area contributed by atoms with Crippen LogP contribution in [0.5, 0.6) is 0 Å². The molecular formula is C17H26N4O3. The van der Waals surface area contributed by atoms with Crippen molar-refractivity contribution >= 4 is 17.3 Å². The van der Waals surface area contributed by atoms with E-state index in [1.54, 1.807) is 31.1 Å². The number of benzene rings is 1. The molecule has 1 unspecified atom stereocenters. The third kappa shape index (κ3) is 4.23. The molecule has 7 nitrogen and oxygen atoms in total. The highest BCUT2D eigenvalue weighted by molar-refractivity contribution is 5.95. The number of anilines is 1. The summed E-state index contributed by atoms with van der Waals surface area (Å²) in [5.41, 5.74) is 0.753. The molecule has 132 valence electrons. The topological polar surface area (TPSA) is 78.7 Å². The van der Waals surface area contributed by atoms with Crippen molar-refractivity contribution in [2.45, 2.75) is 32.2 Å². The number of nitrogens with one attached hydrogen (secondary N) is 1. The summed E-state index contributed by atoms with van der Waals surface area (Å²) in [4.78, 5) is 27.2. The third-order valence-corrected chi connectivity index (χ3v) is 4.54. The Bertz CT molecular complexity index is 597. The van der Waals surface area contributed by atoms with Gasteiger partial charge < -0.3 is 10.2 Å². The normalized spacial score (nSPS) is 16.0. The van der Waals surface area contributed by atoms with Crippen LogP contribution >= 0.6 is 0 Å². The van der Waals surface area contributed by atoms with Gasteiger partial charge in [0.2, 0.25) is 0 Å². The summed E-state index contributed by atoms with van der Waals surface area (Å²) in [6.45, 7) is 4.85. The molecule has 24 heavy (non-hydrogen) atoms. The molecule has 0 radical (unpaired) electrons. The van der Waals surface area contributed by atoms with E-state index in [1.807, 2.05) is 0 Å². The quantitative estimate of drug-likeness (QED) is 0.611. The van der Waals surface area contributed by atoms with Gasteiger partial charge in [-0.1, -0.05) is 6.92 Å². The lowest BCUT2D eigenvalue weighted by atomic mass is 10.1. The van der Waals surface area contributed by atoms with Crippen LogP contribution in [0.15, 0.2) is 18.2 Å². The third-order valence-electron chi connectivity index (χ3n) is 4.54. The Labute approximate surface area is 142 Å². The molecule has 1 aromatic carbocycles. The molecule has 0 aromatic heterocycles. The zero-order chi connectivity index (χ0) is 17.7. The Morgan fingerprint density at radius 3 is 2.58 bits per heavy atom. The van der Waals surface area contributed by atoms with E-state index in [-0.39, 0.29) is 11.6 Å². The lowest BCUT2D eigenvalue weighted by Crippen LogP contribution is -2.42. The second-order valence-electron chi connectivity index (χ2n) is 6.37. The minimum atomic E-state index is -0.453. The highest BCUT2D eigenvalue weighted by atomic mass is 16.6. The molecule has 1 N–H and O–H groups in total. The van der Waals surface area contributed by atoms with E-state index >= 15 is 0 Å². The number of hydrogen-bond donors (Lipinski definition) is 1. The number of amides is 1. The fourth-order valence-corrected chi connectivity index (χ4v) is 3.14. The van der Waals surface area contributed by atoms with E-state index in [1.165, 1.54) is 18.9 Å². The summed E-state index contributed by atoms with van der Waals surface area (Å²) in [7, 11) is 3.48. The molecule has 0 bridgehead atoms. The summed E-state index contributed by atoms with van der Waals surface area (Å²) >= 11 is 0. The van der Waals surface area contributed by atoms with Crippen LogP contribution in [0.1, 0.15) is 36.5 Å². The highest BCUT2D eigenvalue weighted by Crippen LogP contribution is 2.27. The van der Waals surface area contributed by atoms with E-state index in [4.69, 9.17) is 0 Å². The fourth-order valence-electron chi connectivity index (χ4n) is 3.14. The maximum absolute atomic E-state index is 12.4. The Kier molecular flexibility index (Phi) is 6.14. The van der Waals surface area contributed by atoms with Crippen LogP contribution in [-0.4, -0.2) is 55.5 Å². The molecule has 1 amide bonds. The second-order valence-corrected chi connectivity index (χ2v) is 6.37. The Morgan fingerprint density at radius 2 is 2.04 bits per heavy atom. The molecule has 2 rings (SSSR count). The van der Waals surface area contributed by atoms with Crippen LogP contribution in [0.25, 0.3) is 0 Å². The van der Waals surface area contributed by atoms with Crippen LogP contribution in [0, 0.1) is 10.1 Å². The van der Waals surface area contributed by atoms with Crippen LogP contribution in [0.3, 0.4) is 0 Å². The Morgan fingerprint density at radius 1 is 1.38 bits per heavy atom. The number of nitro groups is 1. The van der Waals surface area contributed by atoms with E-state index in [9.17, 15) is 14.9 Å². The molecule has 7 heteroatoms. The highest BCUT2D eigenvalue weighted by Gasteiger charge is 2.22. The monoisotopic (exact) mass is 334 g/mol. The molecule has 1 heterocycles. The first-order valence-electron chi connectivity index (χ1n) is 8.42. The molecular weight excluding hydrogens is 308 g/mol. The van der Waals surface area contributed by atoms with Crippen molar-refractivity contribution in [3.63, 3.8) is 0 Å². The van der Waals surface area contributed by atoms with Crippen molar-refractivity contribution < 1.29 is 9.72 Å². The van der Waals surface area contributed by atoms with Crippen molar-refractivity contribution in [1.82, 2.24) is 10.2 Å². The molecule has 1 aliphatic heterocycles. The summed E-state index contributed by atoms with van der Waals surface area (Å²) in [6, 6.07) is 4.92. The number of carbonyl (C=O) groups excluding carboxylic acids is 1. The number of carbonyl (C=O) groups is 1. The summed E-state index contributed by atoms with van der Waals surface area (Å²) < 4.78 is 0. The van der Waals surface area contributed by atoms with Gasteiger partial charge in [-0.3, -0.25) is 19.8 Å². The minimum absolute atomic E-state index is 0.0563. The van der Waals surface area contributed by atoms with Gasteiger partial charge >= 0.3 is 0 Å². The predicted molar refractivity (Wildman–Crippen MR) is 94.6 cm³/mol. The van der Waals surface area contributed by atoms with E-state index in [0.29, 0.717) is 23.8 Å². The van der Waals surface area contributed by atoms with Crippen molar-refractivity contribution in [3.05, 3.63) is 33.9 Å². The largest absolute Gasteiger partial charge is 0.372 e. The van der Waals surface area contributed by atoms with E-state index in [2.05, 4.69) is 17.1 Å². The van der Waals surface area contributed by atoms with E-state index < -0.39 is 4.92 Å². The standard InChI is InChI=1S/C17H26N4O3/c1-4-14(20-9-5-6-10-20)12-18-17(22)13-7-8-15(19(2)3)16(11-13)21(23)24/h7-8,11,14H,4-6,9-10,12H2,1-3H3,(H,18,22). The number of likely N-dealkylation sites (tertiary alicyclic amines) is 1. The van der Waals surface area contributed by atoms with Gasteiger partial charge in [0, 0.05) is 38.3 Å². The molecule has 1 fully saturated rings. The van der Waals surface area contributed by atoms with Gasteiger partial charge in [-0.05, 0) is 44.5 Å². The van der Waals surface area contributed by atoms with E-state index in [0.717, 1.165) is 19.5 Å². The van der Waals surface area contributed by atoms with Crippen LogP contribution in [-0.2, 0) is 0 Å². The molecule has 0 saturated carbocycles. The van der Waals surface area contributed by atoms with Crippen molar-refractivity contribution in [1.29, 1.82) is 0 Å². The lowest BCUT2D eigenvalue weighted by Gasteiger charge is -2.26. The second kappa shape index (κ2) is 8.10. The zero-order valence-electron chi connectivity index (χ0n) is 14.6. The summed E-state index contributed by atoms with van der Waals surface area (Å²) in [5, 5.41) is 14.2. The first kappa shape index (κ1) is 18.2. The van der Waals surface area contributed by atoms with Gasteiger partial charge in [0.1, 0.15) is 5.69 Å². The number of nitro benzene ring substituents is 1. The first-order valence-corrected chi connectivity index (χ1v) is 8.42. The molecule has 0 aliphatic carbocycles. The van der Waals surface area contributed by atoms with Crippen molar-refractivity contribution in [3.8, 4) is 0 Å². The predicted octanol–water partition coefficient (Wildman–Crippen LogP) is 2.27. The van der Waals surface area contributed by atoms with Crippen LogP contribution < -0.4 is 10.2 Å². The van der Waals surface area contributed by atoms with Gasteiger partial charge in [0.25, 0.3) is 11.6 Å². The summed E-state index contributed by atoms with van der Waals surface area (Å²) in [6.07, 6.45) is 3.39. The number of nitrogens with zero attached hydrogens (tertiary/aromatic N) is 3. The molecule has 1 saturated heterocycles. The van der Waals surface area contributed by atoms with Crippen LogP contribution in [0.4, 0.5) is 11.4 Å². The SMILES string of the molecule is CCC(CNC(=O)c1ccc(N(C)C)c([N+](=O)[O-])c1)N1CCCC1. The maximum Gasteiger partial charge on any atom is 0.293 e. The summed E-state index contributed by atoms with van der Waals surface area (Å²) in [5.74, 6) is -0.263. The van der Waals surface area contributed by atoms with Crippen molar-refractivity contribution in [2.75, 3.05) is 38.6 Å². The fraction of sp³-hybridized carbons (Fsp3) is 0.588. The van der Waals surface area contributed by atoms with Gasteiger partial charge in [0.15, 0.2) is 0 Å². The van der Waals surface area contributed by atoms with Gasteiger partial charge in [-0.25, -0.2) is 0 Å². The maximum atomic E-state index is 12.4. The molecule has 0 spiro atoms. The average Bonchev–Trinajstić information content (AvgIpc) is 3.08. The minimum Gasteiger partial charge on any atom is -0.372 e. The molecule has 1 aliphatic rings. The zero-order valence-corrected chi connectivity index (χ0v) is 14.6. The average molecular weight is 334 g/mol. The van der Waals surface area contributed by atoms with Gasteiger partial charge in [-0.15, -0.1) is 0 Å². The van der Waals surface area contributed by atoms with Crippen molar-refractivity contribution in [2.24, 2.45) is 0 Å². The number of hydrogen-bond acceptors (Lipinski definition) is 5. The Hall–Kier alpha value is -2.15. The Balaban J connectivity index is 2.06. The molecule has 1 atom stereocenters. The van der Waals surface area contributed by atoms with Gasteiger partial charge in [-0.2, -0.15) is 0 Å². The lowest BCUT2D eigenvalue weighted by molar-refractivity contribution is -0.384. The van der Waals surface area contributed by atoms with Gasteiger partial charge in [0.05, 0.1) is 4.92 Å². The van der Waals surface area contributed by atoms with Crippen LogP contribution in [0.2, 0.25) is 0 Å². The smallest absolute Gasteiger partial charge is 0.293 e. The first-order chi connectivity index (χ1) is 11.4. The number of rotatable bonds is 7.